The summed E-state index contributed by atoms with van der Waals surface area (Å²) in [5.41, 5.74) is 0.725. The summed E-state index contributed by atoms with van der Waals surface area (Å²) in [4.78, 5) is 81.0. The Labute approximate surface area is 383 Å². The SMILES string of the molecule is Cn1nnnc1SCC1=C(C(=O)OC(c2ccccc2)c2ccccc2)N2C(=O)[C@@H](NC(=O)[C@H](O)c3ccc(NC(=O)OCC(NC(=O)OC(C)(C)C)C(=O)OC(C)(C)C)cc3)[C@H]2SC1. The molecule has 4 aromatic rings. The third kappa shape index (κ3) is 12.6. The van der Waals surface area contributed by atoms with Gasteiger partial charge in [0.2, 0.25) is 5.16 Å². The van der Waals surface area contributed by atoms with Crippen LogP contribution in [-0.2, 0) is 45.2 Å². The molecule has 2 aliphatic rings. The minimum absolute atomic E-state index is 0.0607. The summed E-state index contributed by atoms with van der Waals surface area (Å²) in [5.74, 6) is -2.44. The van der Waals surface area contributed by atoms with E-state index in [-0.39, 0.29) is 22.7 Å². The second-order valence-electron chi connectivity index (χ2n) is 16.8. The number of rotatable bonds is 15. The standard InChI is InChI=1S/C44H50N8O11S2/c1-43(2,3)62-38(56)30(46-42(59)63-44(4,5)6)22-60-41(58)45-29-20-18-25(19-21-29)33(53)35(54)47-31-36(55)52-32(28(23-64-37(31)52)24-65-40-48-49-50-51(40)7)39(57)61-34(26-14-10-8-11-15-26)27-16-12-9-13-17-27/h8-21,30-31,33-34,37,53H,22-24H2,1-7H3,(H,45,58)(H,46,59)(H,47,54)/t30?,31-,33-,37-/m1/s1. The molecule has 344 valence electrons. The van der Waals surface area contributed by atoms with Crippen molar-refractivity contribution in [1.82, 2.24) is 35.7 Å². The third-order valence-corrected chi connectivity index (χ3v) is 11.8. The number of nitrogens with one attached hydrogen (secondary N) is 3. The van der Waals surface area contributed by atoms with Gasteiger partial charge in [-0.3, -0.25) is 19.8 Å². The lowest BCUT2D eigenvalue weighted by molar-refractivity contribution is -0.158. The van der Waals surface area contributed by atoms with Crippen LogP contribution in [0, 0.1) is 0 Å². The number of nitrogens with zero attached hydrogens (tertiary/aromatic N) is 5. The normalized spacial score (nSPS) is 16.9. The largest absolute Gasteiger partial charge is 0.458 e. The van der Waals surface area contributed by atoms with E-state index in [4.69, 9.17) is 18.9 Å². The topological polar surface area (TPSA) is 242 Å². The zero-order chi connectivity index (χ0) is 47.1. The summed E-state index contributed by atoms with van der Waals surface area (Å²) in [6.07, 6.45) is -4.40. The number of aliphatic hydroxyl groups excluding tert-OH is 1. The van der Waals surface area contributed by atoms with Crippen molar-refractivity contribution in [3.8, 4) is 0 Å². The van der Waals surface area contributed by atoms with Gasteiger partial charge in [-0.05, 0) is 86.4 Å². The van der Waals surface area contributed by atoms with Gasteiger partial charge in [0.15, 0.2) is 18.2 Å². The highest BCUT2D eigenvalue weighted by molar-refractivity contribution is 8.01. The molecular weight excluding hydrogens is 881 g/mol. The van der Waals surface area contributed by atoms with Crippen LogP contribution >= 0.6 is 23.5 Å². The van der Waals surface area contributed by atoms with Crippen LogP contribution in [-0.4, -0.2) is 113 Å². The first-order valence-electron chi connectivity index (χ1n) is 20.3. The Morgan fingerprint density at radius 1 is 0.862 bits per heavy atom. The van der Waals surface area contributed by atoms with Gasteiger partial charge in [-0.25, -0.2) is 23.9 Å². The lowest BCUT2D eigenvalue weighted by Crippen LogP contribution is -2.71. The van der Waals surface area contributed by atoms with Crippen molar-refractivity contribution in [2.24, 2.45) is 7.05 Å². The molecule has 0 bridgehead atoms. The number of benzene rings is 3. The maximum Gasteiger partial charge on any atom is 0.411 e. The predicted octanol–water partition coefficient (Wildman–Crippen LogP) is 4.81. The van der Waals surface area contributed by atoms with Gasteiger partial charge in [0.05, 0.1) is 0 Å². The van der Waals surface area contributed by atoms with Gasteiger partial charge in [0, 0.05) is 24.2 Å². The molecule has 19 nitrogen and oxygen atoms in total. The molecular formula is C44H50N8O11S2. The number of hydrogen-bond acceptors (Lipinski definition) is 16. The van der Waals surface area contributed by atoms with Crippen molar-refractivity contribution in [2.45, 2.75) is 87.6 Å². The maximum absolute atomic E-state index is 14.3. The van der Waals surface area contributed by atoms with Gasteiger partial charge in [-0.2, -0.15) is 0 Å². The summed E-state index contributed by atoms with van der Waals surface area (Å²) in [6.45, 7) is 9.28. The quantitative estimate of drug-likeness (QED) is 0.0541. The van der Waals surface area contributed by atoms with E-state index in [0.29, 0.717) is 16.5 Å². The Hall–Kier alpha value is -6.45. The highest BCUT2D eigenvalue weighted by Gasteiger charge is 2.55. The number of anilines is 1. The summed E-state index contributed by atoms with van der Waals surface area (Å²) in [5, 5.41) is 29.9. The molecule has 1 fully saturated rings. The van der Waals surface area contributed by atoms with Crippen LogP contribution in [0.4, 0.5) is 15.3 Å². The van der Waals surface area contributed by atoms with Crippen LogP contribution in [0.25, 0.3) is 0 Å². The number of ether oxygens (including phenoxy) is 4. The van der Waals surface area contributed by atoms with Crippen molar-refractivity contribution >= 4 is 65.2 Å². The van der Waals surface area contributed by atoms with E-state index in [9.17, 15) is 33.9 Å². The molecule has 3 heterocycles. The molecule has 4 atom stereocenters. The minimum Gasteiger partial charge on any atom is -0.458 e. The molecule has 1 unspecified atom stereocenters. The lowest BCUT2D eigenvalue weighted by atomic mass is 10.0. The number of hydrogen-bond donors (Lipinski definition) is 4. The first kappa shape index (κ1) is 48.0. The molecule has 65 heavy (non-hydrogen) atoms. The van der Waals surface area contributed by atoms with Crippen molar-refractivity contribution in [3.05, 3.63) is 113 Å². The predicted molar refractivity (Wildman–Crippen MR) is 238 cm³/mol. The minimum atomic E-state index is -1.72. The fourth-order valence-corrected chi connectivity index (χ4v) is 8.80. The molecule has 3 aromatic carbocycles. The van der Waals surface area contributed by atoms with Crippen LogP contribution in [0.15, 0.2) is 101 Å². The number of aromatic nitrogens is 4. The molecule has 2 aliphatic heterocycles. The van der Waals surface area contributed by atoms with Gasteiger partial charge in [-0.15, -0.1) is 16.9 Å². The molecule has 0 saturated carbocycles. The average molecular weight is 931 g/mol. The number of carbonyl (C=O) groups is 6. The van der Waals surface area contributed by atoms with Crippen LogP contribution in [0.1, 0.15) is 70.4 Å². The number of aliphatic hydroxyl groups is 1. The average Bonchev–Trinajstić information content (AvgIpc) is 3.68. The molecule has 1 saturated heterocycles. The van der Waals surface area contributed by atoms with E-state index in [2.05, 4.69) is 31.5 Å². The van der Waals surface area contributed by atoms with Crippen LogP contribution in [0.5, 0.6) is 0 Å². The molecule has 4 N–H and O–H groups in total. The molecule has 6 rings (SSSR count). The first-order valence-corrected chi connectivity index (χ1v) is 22.4. The maximum atomic E-state index is 14.3. The van der Waals surface area contributed by atoms with Crippen LogP contribution in [0.2, 0.25) is 0 Å². The Morgan fingerprint density at radius 2 is 1.48 bits per heavy atom. The first-order chi connectivity index (χ1) is 30.8. The van der Waals surface area contributed by atoms with Gasteiger partial charge in [0.25, 0.3) is 11.8 Å². The number of β-lactam (4-membered cyclic amide) rings is 1. The molecule has 0 spiro atoms. The number of fused-ring (bicyclic) bond motifs is 1. The van der Waals surface area contributed by atoms with E-state index in [0.717, 1.165) is 11.1 Å². The van der Waals surface area contributed by atoms with E-state index in [1.165, 1.54) is 57.4 Å². The van der Waals surface area contributed by atoms with E-state index < -0.39 is 83.4 Å². The van der Waals surface area contributed by atoms with Gasteiger partial charge >= 0.3 is 24.1 Å². The molecule has 1 aromatic heterocycles. The molecule has 21 heteroatoms. The number of thioether (sulfide) groups is 2. The third-order valence-electron chi connectivity index (χ3n) is 9.41. The fourth-order valence-electron chi connectivity index (χ4n) is 6.46. The summed E-state index contributed by atoms with van der Waals surface area (Å²) < 4.78 is 23.5. The Balaban J connectivity index is 1.10. The molecule has 4 amide bonds. The van der Waals surface area contributed by atoms with Crippen LogP contribution < -0.4 is 16.0 Å². The Bertz CT molecular complexity index is 2360. The Kier molecular flexibility index (Phi) is 15.2. The number of tetrazole rings is 1. The molecule has 0 aliphatic carbocycles. The second kappa shape index (κ2) is 20.6. The van der Waals surface area contributed by atoms with E-state index in [1.54, 1.807) is 48.6 Å². The van der Waals surface area contributed by atoms with Gasteiger partial charge < -0.3 is 34.7 Å². The fraction of sp³-hybridized carbons (Fsp3) is 0.386. The summed E-state index contributed by atoms with van der Waals surface area (Å²) in [6, 6.07) is 21.6. The van der Waals surface area contributed by atoms with Gasteiger partial charge in [0.1, 0.15) is 34.9 Å². The Morgan fingerprint density at radius 3 is 2.05 bits per heavy atom. The van der Waals surface area contributed by atoms with Crippen molar-refractivity contribution in [1.29, 1.82) is 0 Å². The molecule has 0 radical (unpaired) electrons. The smallest absolute Gasteiger partial charge is 0.411 e. The number of alkyl carbamates (subject to hydrolysis) is 1. The zero-order valence-corrected chi connectivity index (χ0v) is 38.3. The number of carbonyl (C=O) groups excluding carboxylic acids is 6. The highest BCUT2D eigenvalue weighted by atomic mass is 32.2. The van der Waals surface area contributed by atoms with E-state index >= 15 is 0 Å². The van der Waals surface area contributed by atoms with E-state index in [1.807, 2.05) is 60.7 Å². The van der Waals surface area contributed by atoms with Crippen molar-refractivity contribution < 1.29 is 52.8 Å². The number of aryl methyl sites for hydroxylation is 1. The van der Waals surface area contributed by atoms with Gasteiger partial charge in [-0.1, -0.05) is 84.6 Å². The monoisotopic (exact) mass is 930 g/mol. The van der Waals surface area contributed by atoms with Crippen molar-refractivity contribution in [2.75, 3.05) is 23.4 Å². The highest BCUT2D eigenvalue weighted by Crippen LogP contribution is 2.43. The zero-order valence-electron chi connectivity index (χ0n) is 36.7. The second-order valence-corrected chi connectivity index (χ2v) is 18.9. The van der Waals surface area contributed by atoms with Crippen LogP contribution in [0.3, 0.4) is 0 Å². The number of amides is 4. The summed E-state index contributed by atoms with van der Waals surface area (Å²) in [7, 11) is 1.69. The van der Waals surface area contributed by atoms with Crippen molar-refractivity contribution in [3.63, 3.8) is 0 Å². The lowest BCUT2D eigenvalue weighted by Gasteiger charge is -2.50. The summed E-state index contributed by atoms with van der Waals surface area (Å²) >= 11 is 2.63. The number of esters is 2.